The van der Waals surface area contributed by atoms with Crippen molar-refractivity contribution < 1.29 is 9.53 Å². The lowest BCUT2D eigenvalue weighted by Gasteiger charge is -2.10. The zero-order chi connectivity index (χ0) is 23.0. The highest BCUT2D eigenvalue weighted by Crippen LogP contribution is 2.27. The van der Waals surface area contributed by atoms with Crippen molar-refractivity contribution in [2.24, 2.45) is 5.10 Å². The summed E-state index contributed by atoms with van der Waals surface area (Å²) in [4.78, 5) is 12.4. The van der Waals surface area contributed by atoms with E-state index in [1.165, 1.54) is 11.8 Å². The number of halogens is 1. The lowest BCUT2D eigenvalue weighted by atomic mass is 10.2. The van der Waals surface area contributed by atoms with Crippen LogP contribution in [0.4, 0.5) is 0 Å². The number of nitrogens with one attached hydrogen (secondary N) is 1. The van der Waals surface area contributed by atoms with Crippen LogP contribution in [-0.2, 0) is 4.79 Å². The van der Waals surface area contributed by atoms with Crippen LogP contribution in [0.1, 0.15) is 5.56 Å². The summed E-state index contributed by atoms with van der Waals surface area (Å²) in [6.45, 7) is 0. The summed E-state index contributed by atoms with van der Waals surface area (Å²) in [5.41, 5.74) is 5.21. The molecular formula is C24H20BrN5O2S. The van der Waals surface area contributed by atoms with Gasteiger partial charge in [-0.25, -0.2) is 5.43 Å². The fourth-order valence-electron chi connectivity index (χ4n) is 3.03. The average Bonchev–Trinajstić information content (AvgIpc) is 3.29. The number of hydrogen-bond acceptors (Lipinski definition) is 6. The summed E-state index contributed by atoms with van der Waals surface area (Å²) >= 11 is 4.75. The van der Waals surface area contributed by atoms with E-state index in [1.54, 1.807) is 13.3 Å². The molecule has 0 unspecified atom stereocenters. The van der Waals surface area contributed by atoms with Gasteiger partial charge in [-0.2, -0.15) is 5.10 Å². The number of thioether (sulfide) groups is 1. The number of ether oxygens (including phenoxy) is 1. The van der Waals surface area contributed by atoms with Gasteiger partial charge in [0, 0.05) is 21.3 Å². The summed E-state index contributed by atoms with van der Waals surface area (Å²) in [6.07, 6.45) is 1.56. The minimum Gasteiger partial charge on any atom is -0.497 e. The lowest BCUT2D eigenvalue weighted by molar-refractivity contribution is -0.118. The van der Waals surface area contributed by atoms with Gasteiger partial charge in [-0.3, -0.25) is 9.36 Å². The molecular weight excluding hydrogens is 502 g/mol. The van der Waals surface area contributed by atoms with E-state index in [0.717, 1.165) is 21.3 Å². The van der Waals surface area contributed by atoms with Crippen LogP contribution in [-0.4, -0.2) is 39.7 Å². The van der Waals surface area contributed by atoms with Gasteiger partial charge in [0.1, 0.15) is 5.75 Å². The Labute approximate surface area is 204 Å². The molecule has 166 valence electrons. The van der Waals surface area contributed by atoms with Crippen LogP contribution in [0.25, 0.3) is 17.1 Å². The van der Waals surface area contributed by atoms with Crippen molar-refractivity contribution in [3.8, 4) is 22.8 Å². The smallest absolute Gasteiger partial charge is 0.250 e. The SMILES string of the molecule is COc1ccc(Br)c(C=NNC(=O)CSc2nnc(-c3ccccc3)n2-c2ccccc2)c1. The Morgan fingerprint density at radius 2 is 1.82 bits per heavy atom. The maximum atomic E-state index is 12.4. The quantitative estimate of drug-likeness (QED) is 0.201. The molecule has 1 aromatic heterocycles. The molecule has 0 saturated carbocycles. The van der Waals surface area contributed by atoms with Gasteiger partial charge < -0.3 is 4.74 Å². The second-order valence-electron chi connectivity index (χ2n) is 6.81. The molecule has 0 bridgehead atoms. The van der Waals surface area contributed by atoms with Crippen molar-refractivity contribution in [2.45, 2.75) is 5.16 Å². The van der Waals surface area contributed by atoms with Crippen LogP contribution < -0.4 is 10.2 Å². The first-order chi connectivity index (χ1) is 16.2. The largest absolute Gasteiger partial charge is 0.497 e. The molecule has 0 spiro atoms. The van der Waals surface area contributed by atoms with E-state index in [9.17, 15) is 4.79 Å². The van der Waals surface area contributed by atoms with Crippen molar-refractivity contribution in [2.75, 3.05) is 12.9 Å². The predicted molar refractivity (Wildman–Crippen MR) is 134 cm³/mol. The molecule has 7 nitrogen and oxygen atoms in total. The standard InChI is InChI=1S/C24H20BrN5O2S/c1-32-20-12-13-21(25)18(14-20)15-26-27-22(31)16-33-24-29-28-23(17-8-4-2-5-9-17)30(24)19-10-6-3-7-11-19/h2-15H,16H2,1H3,(H,27,31). The number of hydrazone groups is 1. The molecule has 0 aliphatic heterocycles. The molecule has 0 aliphatic carbocycles. The number of aromatic nitrogens is 3. The lowest BCUT2D eigenvalue weighted by Crippen LogP contribution is -2.20. The summed E-state index contributed by atoms with van der Waals surface area (Å²) in [6, 6.07) is 25.2. The maximum absolute atomic E-state index is 12.4. The average molecular weight is 522 g/mol. The van der Waals surface area contributed by atoms with E-state index < -0.39 is 0 Å². The molecule has 1 heterocycles. The Bertz CT molecular complexity index is 1260. The molecule has 0 fully saturated rings. The normalized spacial score (nSPS) is 11.0. The van der Waals surface area contributed by atoms with E-state index in [2.05, 4.69) is 36.7 Å². The molecule has 9 heteroatoms. The molecule has 0 saturated heterocycles. The van der Waals surface area contributed by atoms with Crippen molar-refractivity contribution in [3.05, 3.63) is 88.9 Å². The van der Waals surface area contributed by atoms with Crippen LogP contribution in [0.15, 0.2) is 93.6 Å². The third-order valence-electron chi connectivity index (χ3n) is 4.61. The predicted octanol–water partition coefficient (Wildman–Crippen LogP) is 4.95. The third kappa shape index (κ3) is 5.68. The van der Waals surface area contributed by atoms with E-state index in [1.807, 2.05) is 83.4 Å². The summed E-state index contributed by atoms with van der Waals surface area (Å²) < 4.78 is 8.01. The molecule has 3 aromatic carbocycles. The Kier molecular flexibility index (Phi) is 7.54. The molecule has 4 aromatic rings. The topological polar surface area (TPSA) is 81.4 Å². The van der Waals surface area contributed by atoms with Crippen LogP contribution in [0, 0.1) is 0 Å². The van der Waals surface area contributed by atoms with Crippen LogP contribution in [0.2, 0.25) is 0 Å². The number of nitrogens with zero attached hydrogens (tertiary/aromatic N) is 4. The highest BCUT2D eigenvalue weighted by Gasteiger charge is 2.17. The summed E-state index contributed by atoms with van der Waals surface area (Å²) in [5.74, 6) is 1.30. The minimum absolute atomic E-state index is 0.135. The van der Waals surface area contributed by atoms with Crippen LogP contribution in [0.5, 0.6) is 5.75 Å². The van der Waals surface area contributed by atoms with E-state index in [-0.39, 0.29) is 11.7 Å². The Hall–Kier alpha value is -3.43. The fraction of sp³-hybridized carbons (Fsp3) is 0.0833. The molecule has 0 atom stereocenters. The fourth-order valence-corrected chi connectivity index (χ4v) is 4.12. The Balaban J connectivity index is 1.47. The zero-order valence-electron chi connectivity index (χ0n) is 17.7. The van der Waals surface area contributed by atoms with Gasteiger partial charge in [-0.05, 0) is 30.3 Å². The Morgan fingerprint density at radius 3 is 2.55 bits per heavy atom. The minimum atomic E-state index is -0.251. The first-order valence-corrected chi connectivity index (χ1v) is 11.8. The summed E-state index contributed by atoms with van der Waals surface area (Å²) in [5, 5.41) is 13.4. The van der Waals surface area contributed by atoms with E-state index in [4.69, 9.17) is 4.74 Å². The molecule has 0 radical (unpaired) electrons. The number of methoxy groups -OCH3 is 1. The second-order valence-corrected chi connectivity index (χ2v) is 8.61. The van der Waals surface area contributed by atoms with Gasteiger partial charge in [-0.1, -0.05) is 76.2 Å². The number of para-hydroxylation sites is 1. The third-order valence-corrected chi connectivity index (χ3v) is 6.26. The van der Waals surface area contributed by atoms with Crippen molar-refractivity contribution in [1.82, 2.24) is 20.2 Å². The van der Waals surface area contributed by atoms with Crippen LogP contribution in [0.3, 0.4) is 0 Å². The number of carbonyl (C=O) groups is 1. The molecule has 33 heavy (non-hydrogen) atoms. The van der Waals surface area contributed by atoms with Crippen molar-refractivity contribution in [1.29, 1.82) is 0 Å². The van der Waals surface area contributed by atoms with E-state index >= 15 is 0 Å². The number of rotatable bonds is 8. The summed E-state index contributed by atoms with van der Waals surface area (Å²) in [7, 11) is 1.60. The number of amides is 1. The first kappa shape index (κ1) is 22.8. The molecule has 1 N–H and O–H groups in total. The van der Waals surface area contributed by atoms with Crippen molar-refractivity contribution in [3.63, 3.8) is 0 Å². The number of hydrogen-bond donors (Lipinski definition) is 1. The maximum Gasteiger partial charge on any atom is 0.250 e. The highest BCUT2D eigenvalue weighted by atomic mass is 79.9. The van der Waals surface area contributed by atoms with Gasteiger partial charge in [0.05, 0.1) is 19.1 Å². The van der Waals surface area contributed by atoms with Gasteiger partial charge in [0.15, 0.2) is 11.0 Å². The zero-order valence-corrected chi connectivity index (χ0v) is 20.1. The van der Waals surface area contributed by atoms with Gasteiger partial charge in [0.25, 0.3) is 5.91 Å². The molecule has 0 aliphatic rings. The number of carbonyl (C=O) groups excluding carboxylic acids is 1. The second kappa shape index (κ2) is 10.9. The highest BCUT2D eigenvalue weighted by molar-refractivity contribution is 9.10. The van der Waals surface area contributed by atoms with Gasteiger partial charge in [-0.15, -0.1) is 10.2 Å². The first-order valence-electron chi connectivity index (χ1n) is 10.00. The number of benzene rings is 3. The van der Waals surface area contributed by atoms with Crippen LogP contribution >= 0.6 is 27.7 Å². The molecule has 1 amide bonds. The monoisotopic (exact) mass is 521 g/mol. The molecule has 4 rings (SSSR count). The van der Waals surface area contributed by atoms with E-state index in [0.29, 0.717) is 16.7 Å². The van der Waals surface area contributed by atoms with Crippen molar-refractivity contribution >= 4 is 39.8 Å². The van der Waals surface area contributed by atoms with Gasteiger partial charge >= 0.3 is 0 Å². The van der Waals surface area contributed by atoms with Gasteiger partial charge in [0.2, 0.25) is 0 Å². The Morgan fingerprint density at radius 1 is 1.09 bits per heavy atom.